The third-order valence-corrected chi connectivity index (χ3v) is 4.46. The van der Waals surface area contributed by atoms with Gasteiger partial charge in [-0.3, -0.25) is 0 Å². The van der Waals surface area contributed by atoms with Crippen molar-refractivity contribution in [3.8, 4) is 0 Å². The minimum Gasteiger partial charge on any atom is -0.208 e. The van der Waals surface area contributed by atoms with Gasteiger partial charge in [0.05, 0.1) is 0 Å². The highest BCUT2D eigenvalue weighted by molar-refractivity contribution is 7.29. The highest BCUT2D eigenvalue weighted by Crippen LogP contribution is 2.09. The van der Waals surface area contributed by atoms with E-state index < -0.39 is 46.7 Å². The molecule has 0 amide bonds. The van der Waals surface area contributed by atoms with Crippen molar-refractivity contribution in [2.24, 2.45) is 0 Å². The molecule has 0 aliphatic rings. The Morgan fingerprint density at radius 3 is 1.20 bits per heavy atom. The highest BCUT2D eigenvalue weighted by Gasteiger charge is 2.35. The van der Waals surface area contributed by atoms with Crippen LogP contribution in [0, 0.1) is 29.1 Å². The first-order valence-corrected chi connectivity index (χ1v) is 7.91. The molecule has 7 heteroatoms. The van der Waals surface area contributed by atoms with E-state index >= 15 is 0 Å². The quantitative estimate of drug-likeness (QED) is 0.381. The summed E-state index contributed by atoms with van der Waals surface area (Å²) >= 11 is 0. The third kappa shape index (κ3) is 3.19. The van der Waals surface area contributed by atoms with Gasteiger partial charge in [-0.15, -0.1) is 9.24 Å². The molecule has 0 aliphatic carbocycles. The molecule has 1 atom stereocenters. The molecule has 0 fully saturated rings. The van der Waals surface area contributed by atoms with Crippen LogP contribution in [-0.2, 0) is 0 Å². The summed E-state index contributed by atoms with van der Waals surface area (Å²) in [6, 6.07) is 10.1. The van der Waals surface area contributed by atoms with E-state index in [1.165, 1.54) is 12.1 Å². The van der Waals surface area contributed by atoms with E-state index in [2.05, 4.69) is 9.24 Å². The summed E-state index contributed by atoms with van der Waals surface area (Å²) in [6.45, 7) is -1.61. The fourth-order valence-electron chi connectivity index (χ4n) is 2.86. The minimum absolute atomic E-state index is 0.208. The van der Waals surface area contributed by atoms with Gasteiger partial charge in [0.15, 0.2) is 0 Å². The van der Waals surface area contributed by atoms with Gasteiger partial charge < -0.3 is 0 Å². The monoisotopic (exact) mass is 364 g/mol. The lowest BCUT2D eigenvalue weighted by Crippen LogP contribution is -2.60. The maximum atomic E-state index is 14.5. The van der Waals surface area contributed by atoms with Crippen molar-refractivity contribution in [1.82, 2.24) is 0 Å². The molecule has 0 bridgehead atoms. The Morgan fingerprint density at radius 2 is 0.840 bits per heavy atom. The predicted molar refractivity (Wildman–Crippen MR) is 93.1 cm³/mol. The Hall–Kier alpha value is -2.20. The van der Waals surface area contributed by atoms with E-state index in [1.54, 1.807) is 0 Å². The highest BCUT2D eigenvalue weighted by atomic mass is 31.0. The summed E-state index contributed by atoms with van der Waals surface area (Å²) in [6.07, 6.45) is 0. The average molecular weight is 364 g/mol. The molecule has 0 saturated heterocycles. The molecule has 0 radical (unpaired) electrons. The standard InChI is InChI=1S/C18H11BF5P/c20-10-4-1-5-11(21)16(10)19(17-12(22)6-2-7-13(17)23)18-14(24)8-3-9-15(18)25/h1-9H,25H2. The van der Waals surface area contributed by atoms with Crippen molar-refractivity contribution in [3.05, 3.63) is 83.7 Å². The lowest BCUT2D eigenvalue weighted by molar-refractivity contribution is 0.592. The van der Waals surface area contributed by atoms with Gasteiger partial charge in [0.1, 0.15) is 29.1 Å². The van der Waals surface area contributed by atoms with Crippen LogP contribution in [-0.4, -0.2) is 6.71 Å². The minimum atomic E-state index is -1.61. The second-order valence-corrected chi connectivity index (χ2v) is 6.07. The summed E-state index contributed by atoms with van der Waals surface area (Å²) in [5.74, 6) is -4.87. The van der Waals surface area contributed by atoms with Gasteiger partial charge in [0.25, 0.3) is 6.71 Å². The zero-order valence-electron chi connectivity index (χ0n) is 12.7. The van der Waals surface area contributed by atoms with Crippen LogP contribution >= 0.6 is 9.24 Å². The maximum Gasteiger partial charge on any atom is 0.261 e. The van der Waals surface area contributed by atoms with E-state index in [1.807, 2.05) is 0 Å². The first-order valence-electron chi connectivity index (χ1n) is 7.33. The molecule has 0 N–H and O–H groups in total. The van der Waals surface area contributed by atoms with Crippen molar-refractivity contribution in [3.63, 3.8) is 0 Å². The van der Waals surface area contributed by atoms with Crippen molar-refractivity contribution in [2.45, 2.75) is 0 Å². The van der Waals surface area contributed by atoms with Crippen molar-refractivity contribution in [1.29, 1.82) is 0 Å². The summed E-state index contributed by atoms with van der Waals surface area (Å²) < 4.78 is 72.0. The van der Waals surface area contributed by atoms with Crippen LogP contribution < -0.4 is 21.7 Å². The van der Waals surface area contributed by atoms with Crippen LogP contribution in [0.25, 0.3) is 0 Å². The molecular weight excluding hydrogens is 353 g/mol. The summed E-state index contributed by atoms with van der Waals surface area (Å²) in [5, 5.41) is 0.246. The van der Waals surface area contributed by atoms with Crippen LogP contribution in [0.15, 0.2) is 54.6 Å². The van der Waals surface area contributed by atoms with Gasteiger partial charge >= 0.3 is 0 Å². The summed E-state index contributed by atoms with van der Waals surface area (Å²) in [5.41, 5.74) is -1.43. The number of halogens is 5. The van der Waals surface area contributed by atoms with Crippen molar-refractivity contribution >= 4 is 37.6 Å². The molecule has 3 rings (SSSR count). The Balaban J connectivity index is 2.42. The van der Waals surface area contributed by atoms with E-state index in [0.29, 0.717) is 0 Å². The predicted octanol–water partition coefficient (Wildman–Crippen LogP) is 2.40. The van der Waals surface area contributed by atoms with E-state index in [9.17, 15) is 22.0 Å². The Bertz CT molecular complexity index is 762. The lowest BCUT2D eigenvalue weighted by atomic mass is 9.36. The third-order valence-electron chi connectivity index (χ3n) is 3.95. The molecule has 0 aromatic heterocycles. The van der Waals surface area contributed by atoms with Crippen LogP contribution in [0.5, 0.6) is 0 Å². The second kappa shape index (κ2) is 6.97. The Labute approximate surface area is 144 Å². The molecule has 126 valence electrons. The summed E-state index contributed by atoms with van der Waals surface area (Å²) in [7, 11) is 2.23. The lowest BCUT2D eigenvalue weighted by Gasteiger charge is -2.20. The molecule has 3 aromatic carbocycles. The fraction of sp³-hybridized carbons (Fsp3) is 0. The first-order chi connectivity index (χ1) is 11.9. The molecule has 25 heavy (non-hydrogen) atoms. The van der Waals surface area contributed by atoms with Gasteiger partial charge in [0, 0.05) is 10.9 Å². The van der Waals surface area contributed by atoms with E-state index in [-0.39, 0.29) is 10.8 Å². The smallest absolute Gasteiger partial charge is 0.208 e. The largest absolute Gasteiger partial charge is 0.261 e. The molecule has 0 saturated carbocycles. The molecule has 0 spiro atoms. The van der Waals surface area contributed by atoms with Gasteiger partial charge in [-0.1, -0.05) is 24.3 Å². The van der Waals surface area contributed by atoms with Gasteiger partial charge in [-0.25, -0.2) is 22.0 Å². The number of benzene rings is 3. The zero-order valence-corrected chi connectivity index (χ0v) is 13.9. The number of hydrogen-bond acceptors (Lipinski definition) is 0. The SMILES string of the molecule is Fc1cccc(F)c1B(c1c(F)cccc1F)c1c(F)cccc1P. The molecule has 0 nitrogen and oxygen atoms in total. The van der Waals surface area contributed by atoms with Gasteiger partial charge in [0.2, 0.25) is 0 Å². The van der Waals surface area contributed by atoms with Gasteiger partial charge in [-0.05, 0) is 41.1 Å². The van der Waals surface area contributed by atoms with Crippen LogP contribution in [0.4, 0.5) is 22.0 Å². The first kappa shape index (κ1) is 17.6. The van der Waals surface area contributed by atoms with Crippen LogP contribution in [0.2, 0.25) is 0 Å². The van der Waals surface area contributed by atoms with E-state index in [4.69, 9.17) is 0 Å². The topological polar surface area (TPSA) is 0 Å². The number of hydrogen-bond donors (Lipinski definition) is 0. The molecule has 0 aliphatic heterocycles. The van der Waals surface area contributed by atoms with Gasteiger partial charge in [-0.2, -0.15) is 0 Å². The van der Waals surface area contributed by atoms with Crippen molar-refractivity contribution < 1.29 is 22.0 Å². The molecule has 0 heterocycles. The van der Waals surface area contributed by atoms with E-state index in [0.717, 1.165) is 42.5 Å². The van der Waals surface area contributed by atoms with Crippen molar-refractivity contribution in [2.75, 3.05) is 0 Å². The normalized spacial score (nSPS) is 10.8. The molecule has 1 unspecified atom stereocenters. The Kier molecular flexibility index (Phi) is 4.91. The second-order valence-electron chi connectivity index (χ2n) is 5.45. The maximum absolute atomic E-state index is 14.5. The van der Waals surface area contributed by atoms with Crippen LogP contribution in [0.1, 0.15) is 0 Å². The average Bonchev–Trinajstić information content (AvgIpc) is 2.53. The Morgan fingerprint density at radius 1 is 0.520 bits per heavy atom. The number of rotatable bonds is 3. The molecular formula is C18H11BF5P. The molecule has 3 aromatic rings. The fourth-order valence-corrected chi connectivity index (χ4v) is 3.28. The van der Waals surface area contributed by atoms with Crippen LogP contribution in [0.3, 0.4) is 0 Å². The summed E-state index contributed by atoms with van der Waals surface area (Å²) in [4.78, 5) is 0. The zero-order chi connectivity index (χ0) is 18.1.